The Morgan fingerprint density at radius 2 is 2.00 bits per heavy atom. The first-order valence-electron chi connectivity index (χ1n) is 9.32. The smallest absolute Gasteiger partial charge is 0.254 e. The molecule has 2 unspecified atom stereocenters. The molecule has 136 valence electrons. The van der Waals surface area contributed by atoms with Crippen molar-refractivity contribution in [1.29, 1.82) is 0 Å². The van der Waals surface area contributed by atoms with E-state index in [9.17, 15) is 9.90 Å². The highest BCUT2D eigenvalue weighted by Crippen LogP contribution is 2.55. The number of aromatic nitrogens is 2. The van der Waals surface area contributed by atoms with Crippen LogP contribution in [0.1, 0.15) is 67.9 Å². The average Bonchev–Trinajstić information content (AvgIpc) is 2.55. The minimum Gasteiger partial charge on any atom is -0.390 e. The number of hydrogen-bond acceptors (Lipinski definition) is 5. The van der Waals surface area contributed by atoms with Crippen LogP contribution in [0.5, 0.6) is 0 Å². The van der Waals surface area contributed by atoms with Crippen LogP contribution in [0.2, 0.25) is 0 Å². The van der Waals surface area contributed by atoms with Crippen molar-refractivity contribution in [2.24, 2.45) is 17.8 Å². The Morgan fingerprint density at radius 1 is 1.32 bits per heavy atom. The molecule has 4 bridgehead atoms. The quantitative estimate of drug-likeness (QED) is 0.637. The van der Waals surface area contributed by atoms with Gasteiger partial charge >= 0.3 is 0 Å². The number of aliphatic hydroxyl groups is 1. The third kappa shape index (κ3) is 3.08. The fourth-order valence-corrected chi connectivity index (χ4v) is 5.89. The van der Waals surface area contributed by atoms with Crippen molar-refractivity contribution in [2.75, 3.05) is 6.26 Å². The standard InChI is InChI=1S/C19H27N3O2S/c1-10(2)15-14(9-20-18(22-15)25-3)17(23)21-16-12-4-11-5-13(16)8-19(24,6-11)7-12/h9-13,16,24H,4-8H2,1-3H3,(H,21,23). The fraction of sp³-hybridized carbons (Fsp3) is 0.737. The second-order valence-electron chi connectivity index (χ2n) is 8.50. The van der Waals surface area contributed by atoms with E-state index in [1.54, 1.807) is 6.20 Å². The molecule has 2 N–H and O–H groups in total. The van der Waals surface area contributed by atoms with E-state index in [1.807, 2.05) is 6.26 Å². The molecule has 5 nitrogen and oxygen atoms in total. The second-order valence-corrected chi connectivity index (χ2v) is 9.28. The summed E-state index contributed by atoms with van der Waals surface area (Å²) in [6.45, 7) is 4.11. The number of rotatable bonds is 4. The maximum absolute atomic E-state index is 13.0. The summed E-state index contributed by atoms with van der Waals surface area (Å²) in [4.78, 5) is 21.8. The summed E-state index contributed by atoms with van der Waals surface area (Å²) in [5, 5.41) is 14.7. The summed E-state index contributed by atoms with van der Waals surface area (Å²) >= 11 is 1.49. The molecule has 0 saturated heterocycles. The lowest BCUT2D eigenvalue weighted by molar-refractivity contribution is -0.136. The van der Waals surface area contributed by atoms with Crippen molar-refractivity contribution >= 4 is 17.7 Å². The van der Waals surface area contributed by atoms with Crippen LogP contribution in [0.4, 0.5) is 0 Å². The fourth-order valence-electron chi connectivity index (χ4n) is 5.54. The van der Waals surface area contributed by atoms with Gasteiger partial charge in [-0.1, -0.05) is 25.6 Å². The van der Waals surface area contributed by atoms with E-state index in [2.05, 4.69) is 29.1 Å². The van der Waals surface area contributed by atoms with E-state index >= 15 is 0 Å². The lowest BCUT2D eigenvalue weighted by Crippen LogP contribution is -2.61. The van der Waals surface area contributed by atoms with Crippen molar-refractivity contribution in [1.82, 2.24) is 15.3 Å². The lowest BCUT2D eigenvalue weighted by Gasteiger charge is -2.58. The largest absolute Gasteiger partial charge is 0.390 e. The number of carbonyl (C=O) groups is 1. The van der Waals surface area contributed by atoms with Crippen molar-refractivity contribution in [3.63, 3.8) is 0 Å². The zero-order chi connectivity index (χ0) is 17.8. The Kier molecular flexibility index (Phi) is 4.31. The van der Waals surface area contributed by atoms with Crippen LogP contribution < -0.4 is 5.32 Å². The molecule has 0 aliphatic heterocycles. The number of amides is 1. The first-order valence-corrected chi connectivity index (χ1v) is 10.5. The molecule has 0 spiro atoms. The van der Waals surface area contributed by atoms with Crippen molar-refractivity contribution in [3.8, 4) is 0 Å². The Hall–Kier alpha value is -1.14. The highest BCUT2D eigenvalue weighted by molar-refractivity contribution is 7.98. The number of hydrogen-bond donors (Lipinski definition) is 2. The van der Waals surface area contributed by atoms with Gasteiger partial charge in [-0.15, -0.1) is 0 Å². The van der Waals surface area contributed by atoms with E-state index in [0.717, 1.165) is 37.8 Å². The molecule has 1 aromatic heterocycles. The van der Waals surface area contributed by atoms with E-state index in [4.69, 9.17) is 0 Å². The molecular formula is C19H27N3O2S. The van der Waals surface area contributed by atoms with E-state index in [-0.39, 0.29) is 17.9 Å². The molecule has 4 saturated carbocycles. The first-order chi connectivity index (χ1) is 11.9. The number of thioether (sulfide) groups is 1. The summed E-state index contributed by atoms with van der Waals surface area (Å²) in [6, 6.07) is 0.185. The molecular weight excluding hydrogens is 334 g/mol. The molecule has 4 aliphatic carbocycles. The molecule has 6 heteroatoms. The van der Waals surface area contributed by atoms with Crippen molar-refractivity contribution in [3.05, 3.63) is 17.5 Å². The number of nitrogens with one attached hydrogen (secondary N) is 1. The highest BCUT2D eigenvalue weighted by atomic mass is 32.2. The van der Waals surface area contributed by atoms with Crippen LogP contribution >= 0.6 is 11.8 Å². The Bertz CT molecular complexity index is 677. The van der Waals surface area contributed by atoms with Crippen LogP contribution in [-0.4, -0.2) is 38.9 Å². The van der Waals surface area contributed by atoms with Crippen LogP contribution in [0.3, 0.4) is 0 Å². The Morgan fingerprint density at radius 3 is 2.56 bits per heavy atom. The van der Waals surface area contributed by atoms with Gasteiger partial charge in [0.1, 0.15) is 0 Å². The highest BCUT2D eigenvalue weighted by Gasteiger charge is 2.55. The predicted octanol–water partition coefficient (Wildman–Crippen LogP) is 2.99. The topological polar surface area (TPSA) is 75.1 Å². The molecule has 4 aliphatic rings. The summed E-state index contributed by atoms with van der Waals surface area (Å²) in [7, 11) is 0. The Balaban J connectivity index is 1.55. The molecule has 5 rings (SSSR count). The normalized spacial score (nSPS) is 36.0. The second kappa shape index (κ2) is 6.23. The van der Waals surface area contributed by atoms with Gasteiger partial charge in [0.05, 0.1) is 16.9 Å². The number of carbonyl (C=O) groups excluding carboxylic acids is 1. The summed E-state index contributed by atoms with van der Waals surface area (Å²) in [5.41, 5.74) is 0.948. The van der Waals surface area contributed by atoms with Crippen LogP contribution in [0.15, 0.2) is 11.4 Å². The molecule has 2 atom stereocenters. The average molecular weight is 362 g/mol. The van der Waals surface area contributed by atoms with Gasteiger partial charge < -0.3 is 10.4 Å². The predicted molar refractivity (Wildman–Crippen MR) is 97.7 cm³/mol. The van der Waals surface area contributed by atoms with Gasteiger partial charge in [0.15, 0.2) is 5.16 Å². The molecule has 25 heavy (non-hydrogen) atoms. The lowest BCUT2D eigenvalue weighted by atomic mass is 9.52. The van der Waals surface area contributed by atoms with E-state index in [0.29, 0.717) is 28.5 Å². The minimum atomic E-state index is -0.468. The van der Waals surface area contributed by atoms with Crippen LogP contribution in [0, 0.1) is 17.8 Å². The van der Waals surface area contributed by atoms with E-state index in [1.165, 1.54) is 11.8 Å². The van der Waals surface area contributed by atoms with Gasteiger partial charge in [-0.3, -0.25) is 4.79 Å². The first kappa shape index (κ1) is 17.3. The minimum absolute atomic E-state index is 0.0548. The Labute approximate surface area is 153 Å². The van der Waals surface area contributed by atoms with Gasteiger partial charge in [0.2, 0.25) is 0 Å². The van der Waals surface area contributed by atoms with Crippen molar-refractivity contribution in [2.45, 2.75) is 68.7 Å². The SMILES string of the molecule is CSc1ncc(C(=O)NC2C3CC4CC2CC(O)(C4)C3)c(C(C)C)n1. The molecule has 4 fully saturated rings. The van der Waals surface area contributed by atoms with Gasteiger partial charge in [0, 0.05) is 12.2 Å². The van der Waals surface area contributed by atoms with Gasteiger partial charge in [0.25, 0.3) is 5.91 Å². The molecule has 1 amide bonds. The monoisotopic (exact) mass is 361 g/mol. The zero-order valence-corrected chi connectivity index (χ0v) is 16.0. The summed E-state index contributed by atoms with van der Waals surface area (Å²) in [6.07, 6.45) is 8.53. The van der Waals surface area contributed by atoms with Crippen molar-refractivity contribution < 1.29 is 9.90 Å². The molecule has 1 heterocycles. The molecule has 0 radical (unpaired) electrons. The van der Waals surface area contributed by atoms with E-state index < -0.39 is 5.60 Å². The van der Waals surface area contributed by atoms with Gasteiger partial charge in [-0.05, 0) is 62.0 Å². The summed E-state index contributed by atoms with van der Waals surface area (Å²) in [5.74, 6) is 1.59. The third-order valence-corrected chi connectivity index (χ3v) is 6.87. The third-order valence-electron chi connectivity index (χ3n) is 6.31. The van der Waals surface area contributed by atoms with Crippen LogP contribution in [0.25, 0.3) is 0 Å². The molecule has 0 aromatic carbocycles. The maximum Gasteiger partial charge on any atom is 0.254 e. The zero-order valence-electron chi connectivity index (χ0n) is 15.2. The molecule has 1 aromatic rings. The number of nitrogens with zero attached hydrogens (tertiary/aromatic N) is 2. The van der Waals surface area contributed by atoms with Gasteiger partial charge in [-0.2, -0.15) is 0 Å². The maximum atomic E-state index is 13.0. The van der Waals surface area contributed by atoms with Gasteiger partial charge in [-0.25, -0.2) is 9.97 Å². The summed E-state index contributed by atoms with van der Waals surface area (Å²) < 4.78 is 0. The van der Waals surface area contributed by atoms with Crippen LogP contribution in [-0.2, 0) is 0 Å².